The summed E-state index contributed by atoms with van der Waals surface area (Å²) in [4.78, 5) is 11.6. The zero-order valence-electron chi connectivity index (χ0n) is 11.5. The van der Waals surface area contributed by atoms with Crippen molar-refractivity contribution < 1.29 is 9.53 Å². The summed E-state index contributed by atoms with van der Waals surface area (Å²) >= 11 is 0. The first kappa shape index (κ1) is 14.4. The number of anilines is 1. The number of nitrogens with one attached hydrogen (secondary N) is 2. The highest BCUT2D eigenvalue weighted by Crippen LogP contribution is 2.16. The summed E-state index contributed by atoms with van der Waals surface area (Å²) in [5.74, 6) is 0.818. The van der Waals surface area contributed by atoms with Crippen molar-refractivity contribution in [3.8, 4) is 5.75 Å². The Labute approximate surface area is 109 Å². The summed E-state index contributed by atoms with van der Waals surface area (Å²) in [6, 6.07) is 7.15. The monoisotopic (exact) mass is 250 g/mol. The van der Waals surface area contributed by atoms with Crippen molar-refractivity contribution in [3.05, 3.63) is 24.3 Å². The Hall–Kier alpha value is -1.71. The van der Waals surface area contributed by atoms with E-state index in [4.69, 9.17) is 4.74 Å². The van der Waals surface area contributed by atoms with Gasteiger partial charge in [-0.05, 0) is 51.5 Å². The second kappa shape index (κ2) is 6.28. The zero-order valence-corrected chi connectivity index (χ0v) is 11.5. The van der Waals surface area contributed by atoms with E-state index in [1.807, 2.05) is 45.0 Å². The van der Waals surface area contributed by atoms with Crippen molar-refractivity contribution in [2.24, 2.45) is 0 Å². The summed E-state index contributed by atoms with van der Waals surface area (Å²) in [6.07, 6.45) is 0.980. The molecule has 0 aliphatic rings. The third-order valence-electron chi connectivity index (χ3n) is 2.07. The summed E-state index contributed by atoms with van der Waals surface area (Å²) in [5, 5.41) is 5.61. The van der Waals surface area contributed by atoms with Crippen LogP contribution in [0, 0.1) is 0 Å². The first-order valence-corrected chi connectivity index (χ1v) is 6.23. The molecule has 0 heterocycles. The van der Waals surface area contributed by atoms with Gasteiger partial charge in [0.05, 0.1) is 6.61 Å². The minimum atomic E-state index is -0.242. The number of carbonyl (C=O) groups is 1. The van der Waals surface area contributed by atoms with E-state index < -0.39 is 0 Å². The van der Waals surface area contributed by atoms with Gasteiger partial charge in [0.25, 0.3) is 0 Å². The van der Waals surface area contributed by atoms with Gasteiger partial charge in [-0.25, -0.2) is 4.79 Å². The molecular formula is C14H22N2O2. The van der Waals surface area contributed by atoms with Gasteiger partial charge in [0, 0.05) is 11.2 Å². The average molecular weight is 250 g/mol. The molecule has 0 bridgehead atoms. The van der Waals surface area contributed by atoms with Crippen molar-refractivity contribution in [3.63, 3.8) is 0 Å². The molecule has 0 saturated heterocycles. The van der Waals surface area contributed by atoms with Crippen molar-refractivity contribution in [1.82, 2.24) is 5.32 Å². The second-order valence-corrected chi connectivity index (χ2v) is 5.20. The average Bonchev–Trinajstić information content (AvgIpc) is 2.25. The van der Waals surface area contributed by atoms with E-state index >= 15 is 0 Å². The van der Waals surface area contributed by atoms with Gasteiger partial charge < -0.3 is 15.4 Å². The number of hydrogen-bond acceptors (Lipinski definition) is 2. The molecule has 0 radical (unpaired) electrons. The van der Waals surface area contributed by atoms with Crippen molar-refractivity contribution in [2.75, 3.05) is 11.9 Å². The van der Waals surface area contributed by atoms with Gasteiger partial charge in [-0.2, -0.15) is 0 Å². The van der Waals surface area contributed by atoms with Gasteiger partial charge >= 0.3 is 6.03 Å². The van der Waals surface area contributed by atoms with Crippen LogP contribution >= 0.6 is 0 Å². The highest BCUT2D eigenvalue weighted by molar-refractivity contribution is 5.89. The van der Waals surface area contributed by atoms with E-state index in [0.29, 0.717) is 6.61 Å². The fourth-order valence-corrected chi connectivity index (χ4v) is 1.36. The Morgan fingerprint density at radius 1 is 1.22 bits per heavy atom. The Morgan fingerprint density at radius 3 is 2.33 bits per heavy atom. The van der Waals surface area contributed by atoms with Crippen LogP contribution in [0.15, 0.2) is 24.3 Å². The molecule has 0 unspecified atom stereocenters. The van der Waals surface area contributed by atoms with Gasteiger partial charge in [0.2, 0.25) is 0 Å². The Kier molecular flexibility index (Phi) is 5.01. The lowest BCUT2D eigenvalue weighted by Crippen LogP contribution is -2.43. The van der Waals surface area contributed by atoms with Gasteiger partial charge in [-0.1, -0.05) is 6.92 Å². The molecule has 1 aromatic rings. The third kappa shape index (κ3) is 5.57. The summed E-state index contributed by atoms with van der Waals surface area (Å²) < 4.78 is 5.47. The number of carbonyl (C=O) groups excluding carboxylic acids is 1. The van der Waals surface area contributed by atoms with E-state index in [2.05, 4.69) is 17.6 Å². The predicted octanol–water partition coefficient (Wildman–Crippen LogP) is 3.40. The number of benzene rings is 1. The molecule has 4 nitrogen and oxygen atoms in total. The Morgan fingerprint density at radius 2 is 1.83 bits per heavy atom. The molecule has 18 heavy (non-hydrogen) atoms. The number of amides is 2. The maximum Gasteiger partial charge on any atom is 0.319 e. The summed E-state index contributed by atoms with van der Waals surface area (Å²) in [6.45, 7) is 8.58. The van der Waals surface area contributed by atoms with Crippen LogP contribution < -0.4 is 15.4 Å². The van der Waals surface area contributed by atoms with Crippen LogP contribution in [0.5, 0.6) is 5.75 Å². The Bertz CT molecular complexity index is 380. The second-order valence-electron chi connectivity index (χ2n) is 5.20. The minimum Gasteiger partial charge on any atom is -0.494 e. The highest BCUT2D eigenvalue weighted by atomic mass is 16.5. The lowest BCUT2D eigenvalue weighted by molar-refractivity contribution is 0.244. The summed E-state index contributed by atoms with van der Waals surface area (Å²) in [7, 11) is 0. The Balaban J connectivity index is 2.50. The first-order chi connectivity index (χ1) is 8.40. The largest absolute Gasteiger partial charge is 0.494 e. The van der Waals surface area contributed by atoms with Crippen LogP contribution in [0.1, 0.15) is 34.1 Å². The molecule has 0 spiro atoms. The standard InChI is InChI=1S/C14H22N2O2/c1-5-10-18-12-8-6-11(7-9-12)15-13(17)16-14(2,3)4/h6-9H,5,10H2,1-4H3,(H2,15,16,17). The highest BCUT2D eigenvalue weighted by Gasteiger charge is 2.13. The van der Waals surface area contributed by atoms with Crippen LogP contribution in [-0.2, 0) is 0 Å². The maximum atomic E-state index is 11.6. The van der Waals surface area contributed by atoms with Crippen molar-refractivity contribution in [1.29, 1.82) is 0 Å². The van der Waals surface area contributed by atoms with E-state index in [-0.39, 0.29) is 11.6 Å². The molecule has 2 amide bonds. The van der Waals surface area contributed by atoms with Crippen LogP contribution in [-0.4, -0.2) is 18.2 Å². The third-order valence-corrected chi connectivity index (χ3v) is 2.07. The molecule has 100 valence electrons. The normalized spacial score (nSPS) is 10.9. The topological polar surface area (TPSA) is 50.4 Å². The molecule has 0 fully saturated rings. The molecular weight excluding hydrogens is 228 g/mol. The molecule has 0 saturated carbocycles. The van der Waals surface area contributed by atoms with Crippen LogP contribution in [0.2, 0.25) is 0 Å². The quantitative estimate of drug-likeness (QED) is 0.860. The predicted molar refractivity (Wildman–Crippen MR) is 74.1 cm³/mol. The number of ether oxygens (including phenoxy) is 1. The number of hydrogen-bond donors (Lipinski definition) is 2. The van der Waals surface area contributed by atoms with Crippen LogP contribution in [0.4, 0.5) is 10.5 Å². The van der Waals surface area contributed by atoms with Gasteiger partial charge in [-0.15, -0.1) is 0 Å². The molecule has 0 aliphatic heterocycles. The van der Waals surface area contributed by atoms with Crippen LogP contribution in [0.3, 0.4) is 0 Å². The minimum absolute atomic E-state index is 0.204. The maximum absolute atomic E-state index is 11.6. The lowest BCUT2D eigenvalue weighted by Gasteiger charge is -2.20. The summed E-state index contributed by atoms with van der Waals surface area (Å²) in [5.41, 5.74) is 0.509. The lowest BCUT2D eigenvalue weighted by atomic mass is 10.1. The first-order valence-electron chi connectivity index (χ1n) is 6.23. The van der Waals surface area contributed by atoms with E-state index in [1.165, 1.54) is 0 Å². The molecule has 0 aliphatic carbocycles. The van der Waals surface area contributed by atoms with E-state index in [9.17, 15) is 4.79 Å². The molecule has 2 N–H and O–H groups in total. The van der Waals surface area contributed by atoms with Gasteiger partial charge in [-0.3, -0.25) is 0 Å². The molecule has 1 aromatic carbocycles. The zero-order chi connectivity index (χ0) is 13.6. The van der Waals surface area contributed by atoms with Gasteiger partial charge in [0.15, 0.2) is 0 Å². The molecule has 1 rings (SSSR count). The smallest absolute Gasteiger partial charge is 0.319 e. The SMILES string of the molecule is CCCOc1ccc(NC(=O)NC(C)(C)C)cc1. The molecule has 4 heteroatoms. The van der Waals surface area contributed by atoms with Crippen molar-refractivity contribution in [2.45, 2.75) is 39.7 Å². The van der Waals surface area contributed by atoms with Gasteiger partial charge in [0.1, 0.15) is 5.75 Å². The number of rotatable bonds is 4. The fourth-order valence-electron chi connectivity index (χ4n) is 1.36. The number of urea groups is 1. The fraction of sp³-hybridized carbons (Fsp3) is 0.500. The van der Waals surface area contributed by atoms with Crippen molar-refractivity contribution >= 4 is 11.7 Å². The van der Waals surface area contributed by atoms with Crippen LogP contribution in [0.25, 0.3) is 0 Å². The molecule has 0 atom stereocenters. The van der Waals surface area contributed by atoms with E-state index in [1.54, 1.807) is 0 Å². The molecule has 0 aromatic heterocycles. The van der Waals surface area contributed by atoms with E-state index in [0.717, 1.165) is 17.9 Å².